The van der Waals surface area contributed by atoms with Crippen LogP contribution in [0.25, 0.3) is 11.0 Å². The number of hydrogen-bond acceptors (Lipinski definition) is 3. The molecular weight excluding hydrogens is 264 g/mol. The fourth-order valence-electron chi connectivity index (χ4n) is 2.34. The fraction of sp³-hybridized carbons (Fsp3) is 0.471. The summed E-state index contributed by atoms with van der Waals surface area (Å²) in [5, 5.41) is 9.04. The smallest absolute Gasteiger partial charge is 0.121 e. The number of benzene rings is 1. The van der Waals surface area contributed by atoms with Crippen molar-refractivity contribution in [1.82, 2.24) is 9.55 Å². The number of ether oxygens (including phenoxy) is 1. The van der Waals surface area contributed by atoms with Gasteiger partial charge >= 0.3 is 0 Å². The molecule has 1 aromatic carbocycles. The second kappa shape index (κ2) is 7.27. The van der Waals surface area contributed by atoms with Crippen LogP contribution in [0.3, 0.4) is 0 Å². The van der Waals surface area contributed by atoms with Crippen LogP contribution in [0, 0.1) is 0 Å². The van der Waals surface area contributed by atoms with Gasteiger partial charge < -0.3 is 14.4 Å². The summed E-state index contributed by atoms with van der Waals surface area (Å²) in [5.74, 6) is 1.85. The number of hydrogen-bond donors (Lipinski definition) is 1. The molecule has 0 aliphatic rings. The molecule has 0 unspecified atom stereocenters. The molecule has 114 valence electrons. The van der Waals surface area contributed by atoms with E-state index in [9.17, 15) is 0 Å². The van der Waals surface area contributed by atoms with Gasteiger partial charge in [0.1, 0.15) is 11.6 Å². The van der Waals surface area contributed by atoms with Gasteiger partial charge in [-0.2, -0.15) is 0 Å². The molecule has 0 aliphatic heterocycles. The van der Waals surface area contributed by atoms with Crippen LogP contribution >= 0.6 is 0 Å². The van der Waals surface area contributed by atoms with Crippen LogP contribution in [0.1, 0.15) is 32.5 Å². The molecule has 1 N–H and O–H groups in total. The first-order valence-corrected chi connectivity index (χ1v) is 7.53. The van der Waals surface area contributed by atoms with Gasteiger partial charge in [0.2, 0.25) is 0 Å². The first-order valence-electron chi connectivity index (χ1n) is 7.53. The molecule has 0 fully saturated rings. The number of fused-ring (bicyclic) bond motifs is 1. The molecule has 0 saturated heterocycles. The molecule has 2 aromatic rings. The summed E-state index contributed by atoms with van der Waals surface area (Å²) in [6.07, 6.45) is 2.48. The van der Waals surface area contributed by atoms with Gasteiger partial charge in [-0.25, -0.2) is 4.98 Å². The summed E-state index contributed by atoms with van der Waals surface area (Å²) in [4.78, 5) is 4.70. The maximum absolute atomic E-state index is 9.04. The molecular formula is C17H24N2O2. The van der Waals surface area contributed by atoms with Crippen molar-refractivity contribution in [3.05, 3.63) is 36.2 Å². The Bertz CT molecular complexity index is 617. The van der Waals surface area contributed by atoms with Crippen molar-refractivity contribution in [2.75, 3.05) is 13.2 Å². The van der Waals surface area contributed by atoms with Gasteiger partial charge in [-0.3, -0.25) is 0 Å². The number of aliphatic hydroxyl groups is 1. The minimum Gasteiger partial charge on any atom is -0.494 e. The highest BCUT2D eigenvalue weighted by atomic mass is 16.5. The van der Waals surface area contributed by atoms with E-state index in [1.165, 1.54) is 0 Å². The van der Waals surface area contributed by atoms with Gasteiger partial charge in [0.05, 0.1) is 17.6 Å². The number of aromatic nitrogens is 2. The van der Waals surface area contributed by atoms with Gasteiger partial charge in [-0.15, -0.1) is 0 Å². The first kappa shape index (κ1) is 15.6. The lowest BCUT2D eigenvalue weighted by Crippen LogP contribution is -2.05. The third-order valence-electron chi connectivity index (χ3n) is 3.26. The highest BCUT2D eigenvalue weighted by molar-refractivity contribution is 5.78. The van der Waals surface area contributed by atoms with E-state index in [0.717, 1.165) is 60.6 Å². The van der Waals surface area contributed by atoms with E-state index < -0.39 is 0 Å². The van der Waals surface area contributed by atoms with Crippen LogP contribution in [0.5, 0.6) is 5.75 Å². The van der Waals surface area contributed by atoms with E-state index in [0.29, 0.717) is 0 Å². The molecule has 1 aromatic heterocycles. The Morgan fingerprint density at radius 3 is 2.90 bits per heavy atom. The van der Waals surface area contributed by atoms with Crippen LogP contribution < -0.4 is 4.74 Å². The zero-order valence-electron chi connectivity index (χ0n) is 12.9. The van der Waals surface area contributed by atoms with Crippen molar-refractivity contribution in [3.8, 4) is 5.75 Å². The van der Waals surface area contributed by atoms with E-state index in [1.54, 1.807) is 0 Å². The van der Waals surface area contributed by atoms with Crippen LogP contribution in [0.4, 0.5) is 0 Å². The maximum Gasteiger partial charge on any atom is 0.121 e. The van der Waals surface area contributed by atoms with Crippen molar-refractivity contribution in [2.24, 2.45) is 0 Å². The summed E-state index contributed by atoms with van der Waals surface area (Å²) in [5.41, 5.74) is 3.12. The Morgan fingerprint density at radius 2 is 2.24 bits per heavy atom. The van der Waals surface area contributed by atoms with Gasteiger partial charge in [-0.05, 0) is 31.9 Å². The first-order chi connectivity index (χ1) is 10.2. The van der Waals surface area contributed by atoms with Crippen molar-refractivity contribution in [3.63, 3.8) is 0 Å². The van der Waals surface area contributed by atoms with Gasteiger partial charge in [0, 0.05) is 25.6 Å². The maximum atomic E-state index is 9.04. The summed E-state index contributed by atoms with van der Waals surface area (Å²) >= 11 is 0. The van der Waals surface area contributed by atoms with Crippen molar-refractivity contribution < 1.29 is 9.84 Å². The average Bonchev–Trinajstić information content (AvgIpc) is 2.79. The summed E-state index contributed by atoms with van der Waals surface area (Å²) in [7, 11) is 0. The Labute approximate surface area is 126 Å². The molecule has 0 atom stereocenters. The van der Waals surface area contributed by atoms with Gasteiger partial charge in [0.15, 0.2) is 0 Å². The summed E-state index contributed by atoms with van der Waals surface area (Å²) in [6.45, 7) is 9.75. The molecule has 0 amide bonds. The van der Waals surface area contributed by atoms with E-state index in [-0.39, 0.29) is 6.61 Å². The Morgan fingerprint density at radius 1 is 1.43 bits per heavy atom. The number of allylic oxidation sites excluding steroid dienone is 1. The topological polar surface area (TPSA) is 47.3 Å². The van der Waals surface area contributed by atoms with Crippen LogP contribution in [0.15, 0.2) is 30.4 Å². The van der Waals surface area contributed by atoms with Gasteiger partial charge in [0.25, 0.3) is 0 Å². The number of nitrogens with zero attached hydrogens (tertiary/aromatic N) is 2. The van der Waals surface area contributed by atoms with E-state index in [2.05, 4.69) is 24.1 Å². The Kier molecular flexibility index (Phi) is 5.39. The molecule has 1 heterocycles. The lowest BCUT2D eigenvalue weighted by molar-refractivity contribution is 0.287. The zero-order valence-corrected chi connectivity index (χ0v) is 12.9. The average molecular weight is 288 g/mol. The molecule has 0 radical (unpaired) electrons. The molecule has 0 spiro atoms. The fourth-order valence-corrected chi connectivity index (χ4v) is 2.34. The standard InChI is InChI=1S/C17H24N2O2/c1-4-10-21-14-7-8-16-15(11-14)18-17(6-5-9-20)19(16)12-13(2)3/h7-8,11,20H,2,4-6,9-10,12H2,1,3H3. The molecule has 4 heteroatoms. The highest BCUT2D eigenvalue weighted by Crippen LogP contribution is 2.23. The van der Waals surface area contributed by atoms with E-state index >= 15 is 0 Å². The molecule has 21 heavy (non-hydrogen) atoms. The van der Waals surface area contributed by atoms with Crippen molar-refractivity contribution in [1.29, 1.82) is 0 Å². The number of rotatable bonds is 8. The lowest BCUT2D eigenvalue weighted by Gasteiger charge is -2.09. The van der Waals surface area contributed by atoms with Gasteiger partial charge in [-0.1, -0.05) is 19.1 Å². The third-order valence-corrected chi connectivity index (χ3v) is 3.26. The zero-order chi connectivity index (χ0) is 15.2. The van der Waals surface area contributed by atoms with Crippen molar-refractivity contribution in [2.45, 2.75) is 39.7 Å². The number of imidazole rings is 1. The molecule has 0 bridgehead atoms. The van der Waals surface area contributed by atoms with Crippen molar-refractivity contribution >= 4 is 11.0 Å². The van der Waals surface area contributed by atoms with Crippen LogP contribution in [0.2, 0.25) is 0 Å². The third kappa shape index (κ3) is 3.85. The molecule has 4 nitrogen and oxygen atoms in total. The van der Waals surface area contributed by atoms with Crippen LogP contribution in [-0.4, -0.2) is 27.9 Å². The monoisotopic (exact) mass is 288 g/mol. The Balaban J connectivity index is 2.37. The second-order valence-corrected chi connectivity index (χ2v) is 5.40. The van der Waals surface area contributed by atoms with E-state index in [1.807, 2.05) is 19.1 Å². The summed E-state index contributed by atoms with van der Waals surface area (Å²) in [6, 6.07) is 6.03. The Hall–Kier alpha value is -1.81. The second-order valence-electron chi connectivity index (χ2n) is 5.40. The highest BCUT2D eigenvalue weighted by Gasteiger charge is 2.11. The minimum absolute atomic E-state index is 0.182. The number of aliphatic hydroxyl groups excluding tert-OH is 1. The quantitative estimate of drug-likeness (QED) is 0.758. The SMILES string of the molecule is C=C(C)Cn1c(CCCO)nc2cc(OCCC)ccc21. The predicted octanol–water partition coefficient (Wildman–Crippen LogP) is 3.33. The minimum atomic E-state index is 0.182. The molecule has 2 rings (SSSR count). The van der Waals surface area contributed by atoms with Crippen LogP contribution in [-0.2, 0) is 13.0 Å². The lowest BCUT2D eigenvalue weighted by atomic mass is 10.2. The number of aryl methyl sites for hydroxylation is 1. The summed E-state index contributed by atoms with van der Waals surface area (Å²) < 4.78 is 7.85. The molecule has 0 aliphatic carbocycles. The largest absolute Gasteiger partial charge is 0.494 e. The molecule has 0 saturated carbocycles. The van der Waals surface area contributed by atoms with E-state index in [4.69, 9.17) is 14.8 Å². The predicted molar refractivity (Wildman–Crippen MR) is 85.7 cm³/mol. The normalized spacial score (nSPS) is 11.0.